The Bertz CT molecular complexity index is 2710. The molecule has 0 saturated carbocycles. The van der Waals surface area contributed by atoms with E-state index in [1.165, 1.54) is 0 Å². The van der Waals surface area contributed by atoms with E-state index < -0.39 is 66.9 Å². The number of hydrogen-bond donors (Lipinski definition) is 0. The predicted octanol–water partition coefficient (Wildman–Crippen LogP) is 10.9. The van der Waals surface area contributed by atoms with Crippen LogP contribution in [-0.4, -0.2) is 87.2 Å². The van der Waals surface area contributed by atoms with E-state index in [0.29, 0.717) is 12.2 Å². The zero-order chi connectivity index (χ0) is 51.5. The smallest absolute Gasteiger partial charge is 0.338 e. The Labute approximate surface area is 440 Å². The quantitative estimate of drug-likeness (QED) is 0.0507. The monoisotopic (exact) mass is 1010 g/mol. The molecular formula is C63H66O12. The zero-order valence-corrected chi connectivity index (χ0v) is 42.5. The Morgan fingerprint density at radius 2 is 0.813 bits per heavy atom. The molecule has 6 unspecified atom stereocenters. The van der Waals surface area contributed by atoms with Crippen LogP contribution in [0.4, 0.5) is 0 Å². The van der Waals surface area contributed by atoms with E-state index >= 15 is 0 Å². The van der Waals surface area contributed by atoms with Gasteiger partial charge < -0.3 is 52.1 Å². The summed E-state index contributed by atoms with van der Waals surface area (Å²) in [6.07, 6.45) is -8.93. The van der Waals surface area contributed by atoms with E-state index in [2.05, 4.69) is 0 Å². The second-order valence-electron chi connectivity index (χ2n) is 18.8. The molecule has 12 nitrogen and oxygen atoms in total. The number of esters is 1. The van der Waals surface area contributed by atoms with Crippen LogP contribution in [0.2, 0.25) is 0 Å². The molecule has 10 atom stereocenters. The molecule has 75 heavy (non-hydrogen) atoms. The molecule has 0 amide bonds. The maximum Gasteiger partial charge on any atom is 0.338 e. The van der Waals surface area contributed by atoms with Crippen LogP contribution in [0, 0.1) is 0 Å². The number of rotatable bonds is 25. The van der Waals surface area contributed by atoms with Crippen molar-refractivity contribution in [2.75, 3.05) is 20.3 Å². The molecule has 0 spiro atoms. The Morgan fingerprint density at radius 1 is 0.427 bits per heavy atom. The Morgan fingerprint density at radius 3 is 1.27 bits per heavy atom. The lowest BCUT2D eigenvalue weighted by molar-refractivity contribution is -0.397. The van der Waals surface area contributed by atoms with Gasteiger partial charge in [0.25, 0.3) is 0 Å². The first-order valence-corrected chi connectivity index (χ1v) is 25.6. The van der Waals surface area contributed by atoms with Crippen molar-refractivity contribution in [3.05, 3.63) is 251 Å². The summed E-state index contributed by atoms with van der Waals surface area (Å²) in [6.45, 7) is 3.29. The lowest BCUT2D eigenvalue weighted by atomic mass is 9.84. The Balaban J connectivity index is 1.14. The maximum atomic E-state index is 14.6. The average molecular weight is 1020 g/mol. The fourth-order valence-electron chi connectivity index (χ4n) is 9.42. The van der Waals surface area contributed by atoms with Gasteiger partial charge in [-0.1, -0.05) is 200 Å². The van der Waals surface area contributed by atoms with E-state index in [-0.39, 0.29) is 46.2 Å². The average Bonchev–Trinajstić information content (AvgIpc) is 3.46. The first-order chi connectivity index (χ1) is 36.9. The van der Waals surface area contributed by atoms with Gasteiger partial charge in [-0.25, -0.2) is 4.79 Å². The first-order valence-electron chi connectivity index (χ1n) is 25.6. The normalized spacial score (nSPS) is 24.6. The van der Waals surface area contributed by atoms with Crippen molar-refractivity contribution >= 4 is 5.97 Å². The molecule has 2 saturated heterocycles. The van der Waals surface area contributed by atoms with Gasteiger partial charge in [0.15, 0.2) is 18.7 Å². The molecule has 0 radical (unpaired) electrons. The Hall–Kier alpha value is -6.39. The summed E-state index contributed by atoms with van der Waals surface area (Å²) in [6, 6.07) is 68.1. The minimum Gasteiger partial charge on any atom is -0.450 e. The summed E-state index contributed by atoms with van der Waals surface area (Å²) < 4.78 is 75.6. The van der Waals surface area contributed by atoms with Crippen LogP contribution in [0.15, 0.2) is 212 Å². The minimum absolute atomic E-state index is 0.0312. The number of carbonyl (C=O) groups excluding carboxylic acids is 1. The SMILES string of the molecule is CO[C@H]1OC(COCc2ccccc2)[C@@](C)(O[C@H]2OC(COCc3ccccc3)[C@@H](OCc3ccccc3)C(OCc3ccccc3)C2OC(=O)c2ccccc2)C(OCc2ccccc2)C1OCc1ccccc1. The van der Waals surface area contributed by atoms with E-state index in [9.17, 15) is 4.79 Å². The number of benzene rings is 7. The third-order valence-electron chi connectivity index (χ3n) is 13.4. The van der Waals surface area contributed by atoms with Gasteiger partial charge in [0.05, 0.1) is 58.4 Å². The van der Waals surface area contributed by atoms with Crippen LogP contribution in [-0.2, 0) is 91.7 Å². The van der Waals surface area contributed by atoms with Crippen LogP contribution in [0.5, 0.6) is 0 Å². The van der Waals surface area contributed by atoms with Crippen molar-refractivity contribution in [2.45, 2.75) is 107 Å². The largest absolute Gasteiger partial charge is 0.450 e. The standard InChI is InChI=1S/C63H66O12/c1-63(54(45-67-39-47-26-12-4-13-27-47)73-61(65-2)58(70-42-50-32-18-7-19-33-50)59(63)71-43-51-34-20-8-21-35-51)75-62-57(74-60(64)52-36-22-9-23-37-52)56(69-41-49-30-16-6-17-31-49)55(68-40-48-28-14-5-15-29-48)53(72-62)44-66-38-46-24-10-3-11-25-46/h3-37,53-59,61-62H,38-45H2,1-2H3/t53?,54?,55-,56?,57?,58?,59?,61+,62-,63-/m1/s1. The first kappa shape index (κ1) is 53.4. The maximum absolute atomic E-state index is 14.6. The van der Waals surface area contributed by atoms with E-state index in [0.717, 1.165) is 33.4 Å². The van der Waals surface area contributed by atoms with Gasteiger partial charge in [-0.3, -0.25) is 0 Å². The van der Waals surface area contributed by atoms with Crippen LogP contribution < -0.4 is 0 Å². The molecule has 12 heteroatoms. The van der Waals surface area contributed by atoms with Gasteiger partial charge in [-0.05, 0) is 52.4 Å². The van der Waals surface area contributed by atoms with Crippen molar-refractivity contribution in [3.8, 4) is 0 Å². The van der Waals surface area contributed by atoms with Crippen LogP contribution in [0.1, 0.15) is 50.7 Å². The highest BCUT2D eigenvalue weighted by Crippen LogP contribution is 2.42. The fourth-order valence-corrected chi connectivity index (χ4v) is 9.42. The van der Waals surface area contributed by atoms with Gasteiger partial charge in [0, 0.05) is 7.11 Å². The third kappa shape index (κ3) is 14.7. The molecule has 0 aromatic heterocycles. The Kier molecular flexibility index (Phi) is 19.5. The van der Waals surface area contributed by atoms with E-state index in [1.807, 2.05) is 195 Å². The predicted molar refractivity (Wildman–Crippen MR) is 282 cm³/mol. The van der Waals surface area contributed by atoms with Crippen molar-refractivity contribution in [3.63, 3.8) is 0 Å². The molecule has 2 fully saturated rings. The lowest BCUT2D eigenvalue weighted by Crippen LogP contribution is -2.71. The van der Waals surface area contributed by atoms with Gasteiger partial charge in [-0.15, -0.1) is 0 Å². The van der Waals surface area contributed by atoms with Crippen molar-refractivity contribution < 1.29 is 56.9 Å². The lowest BCUT2D eigenvalue weighted by Gasteiger charge is -2.54. The number of carbonyl (C=O) groups is 1. The summed E-state index contributed by atoms with van der Waals surface area (Å²) in [5.74, 6) is -0.611. The molecule has 0 aliphatic carbocycles. The molecule has 2 aliphatic rings. The molecule has 0 N–H and O–H groups in total. The molecule has 9 rings (SSSR count). The summed E-state index contributed by atoms with van der Waals surface area (Å²) in [4.78, 5) is 14.6. The second-order valence-corrected chi connectivity index (χ2v) is 18.8. The highest BCUT2D eigenvalue weighted by Gasteiger charge is 2.60. The summed E-state index contributed by atoms with van der Waals surface area (Å²) in [7, 11) is 1.58. The van der Waals surface area contributed by atoms with Crippen LogP contribution >= 0.6 is 0 Å². The topological polar surface area (TPSA) is 119 Å². The van der Waals surface area contributed by atoms with Gasteiger partial charge in [0.1, 0.15) is 42.2 Å². The van der Waals surface area contributed by atoms with Crippen LogP contribution in [0.25, 0.3) is 0 Å². The molecule has 7 aromatic rings. The second kappa shape index (κ2) is 27.4. The minimum atomic E-state index is -1.50. The molecule has 2 aliphatic heterocycles. The van der Waals surface area contributed by atoms with Gasteiger partial charge in [-0.2, -0.15) is 0 Å². The summed E-state index contributed by atoms with van der Waals surface area (Å²) in [5, 5.41) is 0. The van der Waals surface area contributed by atoms with E-state index in [4.69, 9.17) is 52.1 Å². The summed E-state index contributed by atoms with van der Waals surface area (Å²) in [5.41, 5.74) is 4.47. The molecule has 390 valence electrons. The third-order valence-corrected chi connectivity index (χ3v) is 13.4. The molecular weight excluding hydrogens is 949 g/mol. The van der Waals surface area contributed by atoms with Crippen molar-refractivity contribution in [1.29, 1.82) is 0 Å². The highest BCUT2D eigenvalue weighted by molar-refractivity contribution is 5.89. The molecule has 7 aromatic carbocycles. The number of ether oxygens (including phenoxy) is 11. The van der Waals surface area contributed by atoms with Crippen LogP contribution in [0.3, 0.4) is 0 Å². The molecule has 2 heterocycles. The van der Waals surface area contributed by atoms with Gasteiger partial charge >= 0.3 is 5.97 Å². The summed E-state index contributed by atoms with van der Waals surface area (Å²) >= 11 is 0. The van der Waals surface area contributed by atoms with Crippen molar-refractivity contribution in [1.82, 2.24) is 0 Å². The number of hydrogen-bond acceptors (Lipinski definition) is 12. The zero-order valence-electron chi connectivity index (χ0n) is 42.5. The van der Waals surface area contributed by atoms with E-state index in [1.54, 1.807) is 31.4 Å². The van der Waals surface area contributed by atoms with Gasteiger partial charge in [0.2, 0.25) is 0 Å². The highest BCUT2D eigenvalue weighted by atomic mass is 16.8. The fraction of sp³-hybridized carbons (Fsp3) is 0.317. The van der Waals surface area contributed by atoms with Crippen molar-refractivity contribution in [2.24, 2.45) is 0 Å². The number of methoxy groups -OCH3 is 1. The molecule has 0 bridgehead atoms.